The van der Waals surface area contributed by atoms with Gasteiger partial charge in [0.1, 0.15) is 0 Å². The molecule has 4 aromatic carbocycles. The summed E-state index contributed by atoms with van der Waals surface area (Å²) >= 11 is 0. The van der Waals surface area contributed by atoms with E-state index in [1.807, 2.05) is 55.5 Å². The van der Waals surface area contributed by atoms with Crippen LogP contribution in [-0.4, -0.2) is 42.8 Å². The van der Waals surface area contributed by atoms with Crippen LogP contribution in [0.4, 0.5) is 16.2 Å². The Balaban J connectivity index is 1.56. The second-order valence-corrected chi connectivity index (χ2v) is 9.53. The van der Waals surface area contributed by atoms with E-state index in [0.29, 0.717) is 28.4 Å². The SMILES string of the molecule is COc1ccc(C=C(CN(Cc2ccc(C(=O)Nc3ccccc3N)cc2)C(=O)O)c2ccc(C)cc2)cc1OC. The van der Waals surface area contributed by atoms with Crippen molar-refractivity contribution in [3.05, 3.63) is 119 Å². The maximum atomic E-state index is 12.7. The molecule has 4 rings (SSSR count). The highest BCUT2D eigenvalue weighted by atomic mass is 16.5. The molecule has 0 bridgehead atoms. The van der Waals surface area contributed by atoms with E-state index >= 15 is 0 Å². The van der Waals surface area contributed by atoms with Crippen molar-refractivity contribution in [3.63, 3.8) is 0 Å². The molecule has 4 N–H and O–H groups in total. The zero-order chi connectivity index (χ0) is 29.4. The number of nitrogens with one attached hydrogen (secondary N) is 1. The molecule has 0 saturated carbocycles. The Morgan fingerprint density at radius 3 is 2.17 bits per heavy atom. The second kappa shape index (κ2) is 13.2. The lowest BCUT2D eigenvalue weighted by molar-refractivity contribution is 0.102. The highest BCUT2D eigenvalue weighted by Gasteiger charge is 2.17. The predicted octanol–water partition coefficient (Wildman–Crippen LogP) is 6.57. The van der Waals surface area contributed by atoms with E-state index in [2.05, 4.69) is 5.32 Å². The van der Waals surface area contributed by atoms with E-state index in [0.717, 1.165) is 27.8 Å². The van der Waals surface area contributed by atoms with Crippen LogP contribution in [0.1, 0.15) is 32.6 Å². The molecule has 2 amide bonds. The van der Waals surface area contributed by atoms with Crippen LogP contribution in [0.5, 0.6) is 11.5 Å². The number of ether oxygens (including phenoxy) is 2. The standard InChI is InChI=1S/C33H33N3O5/c1-22-8-13-25(14-9-22)27(18-24-12-17-30(40-2)31(19-24)41-3)21-36(33(38)39)20-23-10-15-26(16-11-23)32(37)35-29-7-5-4-6-28(29)34/h4-19H,20-21,34H2,1-3H3,(H,35,37)(H,38,39). The molecule has 0 aliphatic carbocycles. The monoisotopic (exact) mass is 551 g/mol. The quantitative estimate of drug-likeness (QED) is 0.152. The fourth-order valence-electron chi connectivity index (χ4n) is 4.32. The number of aryl methyl sites for hydroxylation is 1. The van der Waals surface area contributed by atoms with E-state index < -0.39 is 6.09 Å². The van der Waals surface area contributed by atoms with Gasteiger partial charge in [0.2, 0.25) is 0 Å². The van der Waals surface area contributed by atoms with E-state index in [-0.39, 0.29) is 19.0 Å². The van der Waals surface area contributed by atoms with Crippen molar-refractivity contribution in [1.29, 1.82) is 0 Å². The van der Waals surface area contributed by atoms with Gasteiger partial charge in [-0.05, 0) is 71.7 Å². The summed E-state index contributed by atoms with van der Waals surface area (Å²) in [4.78, 5) is 26.4. The Bertz CT molecular complexity index is 1550. The molecule has 0 aliphatic heterocycles. The molecule has 8 heteroatoms. The van der Waals surface area contributed by atoms with Crippen LogP contribution in [0.2, 0.25) is 0 Å². The second-order valence-electron chi connectivity index (χ2n) is 9.53. The number of anilines is 2. The molecular weight excluding hydrogens is 518 g/mol. The minimum absolute atomic E-state index is 0.137. The van der Waals surface area contributed by atoms with Crippen molar-refractivity contribution < 1.29 is 24.2 Å². The minimum atomic E-state index is -1.06. The van der Waals surface area contributed by atoms with Crippen molar-refractivity contribution in [2.24, 2.45) is 0 Å². The number of methoxy groups -OCH3 is 2. The molecule has 0 aromatic heterocycles. The van der Waals surface area contributed by atoms with Gasteiger partial charge in [-0.1, -0.05) is 60.2 Å². The summed E-state index contributed by atoms with van der Waals surface area (Å²) in [6.07, 6.45) is 0.891. The third-order valence-corrected chi connectivity index (χ3v) is 6.60. The van der Waals surface area contributed by atoms with Crippen LogP contribution in [0.15, 0.2) is 91.0 Å². The summed E-state index contributed by atoms with van der Waals surface area (Å²) in [5, 5.41) is 12.9. The summed E-state index contributed by atoms with van der Waals surface area (Å²) in [5.41, 5.74) is 11.8. The molecule has 0 unspecified atom stereocenters. The predicted molar refractivity (Wildman–Crippen MR) is 162 cm³/mol. The Morgan fingerprint density at radius 2 is 1.54 bits per heavy atom. The number of nitrogen functional groups attached to an aromatic ring is 1. The topological polar surface area (TPSA) is 114 Å². The fourth-order valence-corrected chi connectivity index (χ4v) is 4.32. The van der Waals surface area contributed by atoms with Crippen molar-refractivity contribution in [2.45, 2.75) is 13.5 Å². The van der Waals surface area contributed by atoms with Crippen molar-refractivity contribution in [3.8, 4) is 11.5 Å². The lowest BCUT2D eigenvalue weighted by atomic mass is 10.0. The fraction of sp³-hybridized carbons (Fsp3) is 0.152. The van der Waals surface area contributed by atoms with Gasteiger partial charge in [-0.3, -0.25) is 9.69 Å². The maximum Gasteiger partial charge on any atom is 0.407 e. The Labute approximate surface area is 239 Å². The number of hydrogen-bond acceptors (Lipinski definition) is 5. The molecule has 210 valence electrons. The number of para-hydroxylation sites is 2. The number of nitrogens with zero attached hydrogens (tertiary/aromatic N) is 1. The van der Waals surface area contributed by atoms with Gasteiger partial charge in [0.15, 0.2) is 11.5 Å². The van der Waals surface area contributed by atoms with Crippen LogP contribution in [0.25, 0.3) is 11.6 Å². The average Bonchev–Trinajstić information content (AvgIpc) is 2.98. The molecule has 41 heavy (non-hydrogen) atoms. The van der Waals surface area contributed by atoms with Crippen LogP contribution >= 0.6 is 0 Å². The Kier molecular flexibility index (Phi) is 9.27. The van der Waals surface area contributed by atoms with Gasteiger partial charge in [0, 0.05) is 18.7 Å². The number of carbonyl (C=O) groups is 2. The maximum absolute atomic E-state index is 12.7. The molecule has 0 fully saturated rings. The van der Waals surface area contributed by atoms with Gasteiger partial charge >= 0.3 is 6.09 Å². The van der Waals surface area contributed by atoms with Gasteiger partial charge < -0.3 is 25.6 Å². The molecule has 0 heterocycles. The van der Waals surface area contributed by atoms with Gasteiger partial charge in [-0.2, -0.15) is 0 Å². The molecular formula is C33H33N3O5. The lowest BCUT2D eigenvalue weighted by Crippen LogP contribution is -2.30. The third-order valence-electron chi connectivity index (χ3n) is 6.60. The van der Waals surface area contributed by atoms with Crippen LogP contribution in [-0.2, 0) is 6.54 Å². The number of amides is 2. The van der Waals surface area contributed by atoms with Crippen LogP contribution < -0.4 is 20.5 Å². The summed E-state index contributed by atoms with van der Waals surface area (Å²) in [7, 11) is 3.15. The highest BCUT2D eigenvalue weighted by molar-refractivity contribution is 6.05. The normalized spacial score (nSPS) is 11.0. The van der Waals surface area contributed by atoms with Gasteiger partial charge in [0.25, 0.3) is 5.91 Å². The van der Waals surface area contributed by atoms with E-state index in [9.17, 15) is 14.7 Å². The van der Waals surface area contributed by atoms with Crippen molar-refractivity contribution >= 4 is 35.0 Å². The number of hydrogen-bond donors (Lipinski definition) is 3. The summed E-state index contributed by atoms with van der Waals surface area (Å²) in [5.74, 6) is 0.890. The number of carboxylic acid groups (broad SMARTS) is 1. The Hall–Kier alpha value is -5.24. The zero-order valence-electron chi connectivity index (χ0n) is 23.3. The van der Waals surface area contributed by atoms with Gasteiger partial charge in [-0.25, -0.2) is 4.79 Å². The molecule has 0 spiro atoms. The van der Waals surface area contributed by atoms with Crippen molar-refractivity contribution in [1.82, 2.24) is 4.90 Å². The third kappa shape index (κ3) is 7.45. The number of nitrogens with two attached hydrogens (primary N) is 1. The first-order chi connectivity index (χ1) is 19.8. The van der Waals surface area contributed by atoms with E-state index in [1.165, 1.54) is 4.90 Å². The molecule has 0 atom stereocenters. The summed E-state index contributed by atoms with van der Waals surface area (Å²) in [6.45, 7) is 2.28. The average molecular weight is 552 g/mol. The molecule has 8 nitrogen and oxygen atoms in total. The van der Waals surface area contributed by atoms with Gasteiger partial charge in [-0.15, -0.1) is 0 Å². The molecule has 0 aliphatic rings. The van der Waals surface area contributed by atoms with Crippen LogP contribution in [0.3, 0.4) is 0 Å². The van der Waals surface area contributed by atoms with Crippen LogP contribution in [0, 0.1) is 6.92 Å². The number of rotatable bonds is 10. The van der Waals surface area contributed by atoms with E-state index in [1.54, 1.807) is 62.8 Å². The van der Waals surface area contributed by atoms with Crippen molar-refractivity contribution in [2.75, 3.05) is 31.8 Å². The highest BCUT2D eigenvalue weighted by Crippen LogP contribution is 2.30. The first kappa shape index (κ1) is 28.8. The first-order valence-electron chi connectivity index (χ1n) is 13.0. The zero-order valence-corrected chi connectivity index (χ0v) is 23.3. The first-order valence-corrected chi connectivity index (χ1v) is 13.0. The van der Waals surface area contributed by atoms with Gasteiger partial charge in [0.05, 0.1) is 25.6 Å². The number of benzene rings is 4. The summed E-state index contributed by atoms with van der Waals surface area (Å²) < 4.78 is 10.8. The Morgan fingerprint density at radius 1 is 0.878 bits per heavy atom. The molecule has 0 saturated heterocycles. The largest absolute Gasteiger partial charge is 0.493 e. The minimum Gasteiger partial charge on any atom is -0.493 e. The molecule has 4 aromatic rings. The summed E-state index contributed by atoms with van der Waals surface area (Å²) in [6, 6.07) is 27.4. The van der Waals surface area contributed by atoms with E-state index in [4.69, 9.17) is 15.2 Å². The number of carbonyl (C=O) groups excluding carboxylic acids is 1. The lowest BCUT2D eigenvalue weighted by Gasteiger charge is -2.22. The smallest absolute Gasteiger partial charge is 0.407 e. The molecule has 0 radical (unpaired) electrons.